The molecule has 0 saturated heterocycles. The van der Waals surface area contributed by atoms with Crippen molar-refractivity contribution in [2.24, 2.45) is 5.92 Å². The smallest absolute Gasteiger partial charge is 0.254 e. The van der Waals surface area contributed by atoms with Gasteiger partial charge in [-0.3, -0.25) is 9.59 Å². The molecule has 1 aliphatic carbocycles. The van der Waals surface area contributed by atoms with Crippen LogP contribution in [0.25, 0.3) is 11.3 Å². The van der Waals surface area contributed by atoms with Crippen LogP contribution in [0.1, 0.15) is 60.2 Å². The third-order valence-corrected chi connectivity index (χ3v) is 7.20. The molecular weight excluding hydrogens is 440 g/mol. The van der Waals surface area contributed by atoms with E-state index in [4.69, 9.17) is 9.15 Å². The van der Waals surface area contributed by atoms with Crippen LogP contribution < -0.4 is 10.1 Å². The zero-order valence-corrected chi connectivity index (χ0v) is 20.2. The molecule has 0 radical (unpaired) electrons. The van der Waals surface area contributed by atoms with Crippen LogP contribution in [0.4, 0.5) is 5.69 Å². The van der Waals surface area contributed by atoms with Gasteiger partial charge in [-0.25, -0.2) is 0 Å². The maximum atomic E-state index is 13.0. The van der Waals surface area contributed by atoms with Gasteiger partial charge in [0.1, 0.15) is 17.3 Å². The fraction of sp³-hybridized carbons (Fsp3) is 0.379. The quantitative estimate of drug-likeness (QED) is 0.454. The Kier molecular flexibility index (Phi) is 6.89. The van der Waals surface area contributed by atoms with Gasteiger partial charge in [-0.1, -0.05) is 25.7 Å². The maximum Gasteiger partial charge on any atom is 0.254 e. The summed E-state index contributed by atoms with van der Waals surface area (Å²) in [6, 6.07) is 17.0. The van der Waals surface area contributed by atoms with Crippen molar-refractivity contribution in [3.05, 3.63) is 71.5 Å². The SMILES string of the molecule is COc1ccc(C(=O)N2CCc3oc(-c4ccc(NC(=O)CCC5CCCC5)cc4)cc3C2)cc1. The lowest BCUT2D eigenvalue weighted by Gasteiger charge is -2.26. The molecule has 2 aromatic carbocycles. The van der Waals surface area contributed by atoms with Crippen molar-refractivity contribution in [1.82, 2.24) is 4.90 Å². The molecule has 1 aliphatic heterocycles. The fourth-order valence-electron chi connectivity index (χ4n) is 5.14. The van der Waals surface area contributed by atoms with Gasteiger partial charge in [0.15, 0.2) is 0 Å². The Morgan fingerprint density at radius 2 is 1.80 bits per heavy atom. The largest absolute Gasteiger partial charge is 0.497 e. The summed E-state index contributed by atoms with van der Waals surface area (Å²) >= 11 is 0. The van der Waals surface area contributed by atoms with E-state index in [0.29, 0.717) is 31.5 Å². The lowest BCUT2D eigenvalue weighted by molar-refractivity contribution is -0.116. The van der Waals surface area contributed by atoms with Crippen molar-refractivity contribution in [3.8, 4) is 17.1 Å². The molecule has 0 unspecified atom stereocenters. The normalized spacial score (nSPS) is 15.6. The van der Waals surface area contributed by atoms with Crippen molar-refractivity contribution >= 4 is 17.5 Å². The van der Waals surface area contributed by atoms with Crippen LogP contribution in [-0.2, 0) is 17.8 Å². The molecule has 0 spiro atoms. The van der Waals surface area contributed by atoms with E-state index in [-0.39, 0.29) is 11.8 Å². The van der Waals surface area contributed by atoms with Gasteiger partial charge >= 0.3 is 0 Å². The lowest BCUT2D eigenvalue weighted by Crippen LogP contribution is -2.35. The molecule has 6 nitrogen and oxygen atoms in total. The first-order chi connectivity index (χ1) is 17.1. The van der Waals surface area contributed by atoms with E-state index in [1.165, 1.54) is 25.7 Å². The van der Waals surface area contributed by atoms with Crippen LogP contribution in [0, 0.1) is 5.92 Å². The zero-order valence-electron chi connectivity index (χ0n) is 20.2. The second-order valence-corrected chi connectivity index (χ2v) is 9.58. The zero-order chi connectivity index (χ0) is 24.2. The molecule has 0 bridgehead atoms. The summed E-state index contributed by atoms with van der Waals surface area (Å²) < 4.78 is 11.3. The summed E-state index contributed by atoms with van der Waals surface area (Å²) in [7, 11) is 1.61. The molecule has 1 fully saturated rings. The molecule has 0 atom stereocenters. The predicted octanol–water partition coefficient (Wildman–Crippen LogP) is 6.06. The van der Waals surface area contributed by atoms with Crippen molar-refractivity contribution in [3.63, 3.8) is 0 Å². The van der Waals surface area contributed by atoms with E-state index >= 15 is 0 Å². The third kappa shape index (κ3) is 5.42. The van der Waals surface area contributed by atoms with Crippen molar-refractivity contribution in [1.29, 1.82) is 0 Å². The summed E-state index contributed by atoms with van der Waals surface area (Å²) in [5.41, 5.74) is 3.45. The Balaban J connectivity index is 1.19. The van der Waals surface area contributed by atoms with Crippen molar-refractivity contribution in [2.45, 2.75) is 51.5 Å². The van der Waals surface area contributed by atoms with Gasteiger partial charge in [0, 0.05) is 48.3 Å². The van der Waals surface area contributed by atoms with E-state index < -0.39 is 0 Å². The number of hydrogen-bond acceptors (Lipinski definition) is 4. The lowest BCUT2D eigenvalue weighted by atomic mass is 10.0. The number of methoxy groups -OCH3 is 1. The number of carbonyl (C=O) groups is 2. The fourth-order valence-corrected chi connectivity index (χ4v) is 5.14. The highest BCUT2D eigenvalue weighted by atomic mass is 16.5. The molecule has 1 aromatic heterocycles. The molecule has 5 rings (SSSR count). The summed E-state index contributed by atoms with van der Waals surface area (Å²) in [6.45, 7) is 1.15. The highest BCUT2D eigenvalue weighted by Crippen LogP contribution is 2.31. The average Bonchev–Trinajstić information content (AvgIpc) is 3.57. The Morgan fingerprint density at radius 3 is 2.51 bits per heavy atom. The Hall–Kier alpha value is -3.54. The number of benzene rings is 2. The van der Waals surface area contributed by atoms with E-state index in [0.717, 1.165) is 46.4 Å². The third-order valence-electron chi connectivity index (χ3n) is 7.20. The average molecular weight is 473 g/mol. The van der Waals surface area contributed by atoms with E-state index in [9.17, 15) is 9.59 Å². The topological polar surface area (TPSA) is 71.8 Å². The summed E-state index contributed by atoms with van der Waals surface area (Å²) in [6.07, 6.45) is 7.40. The van der Waals surface area contributed by atoms with Gasteiger partial charge in [0.25, 0.3) is 5.91 Å². The number of nitrogens with one attached hydrogen (secondary N) is 1. The minimum Gasteiger partial charge on any atom is -0.497 e. The molecule has 2 aliphatic rings. The van der Waals surface area contributed by atoms with Gasteiger partial charge in [-0.05, 0) is 66.9 Å². The van der Waals surface area contributed by atoms with E-state index in [1.54, 1.807) is 31.4 Å². The van der Waals surface area contributed by atoms with Crippen LogP contribution >= 0.6 is 0 Å². The Labute approximate surface area is 206 Å². The molecule has 35 heavy (non-hydrogen) atoms. The molecular formula is C29H32N2O4. The standard InChI is InChI=1S/C29H32N2O4/c1-34-25-13-9-22(10-14-25)29(33)31-17-16-26-23(19-31)18-27(35-26)21-7-11-24(12-8-21)30-28(32)15-6-20-4-2-3-5-20/h7-14,18,20H,2-6,15-17,19H2,1H3,(H,30,32). The van der Waals surface area contributed by atoms with Crippen LogP contribution in [-0.4, -0.2) is 30.4 Å². The number of fused-ring (bicyclic) bond motifs is 1. The first kappa shape index (κ1) is 23.2. The summed E-state index contributed by atoms with van der Waals surface area (Å²) in [5, 5.41) is 3.01. The summed E-state index contributed by atoms with van der Waals surface area (Å²) in [4.78, 5) is 27.1. The minimum absolute atomic E-state index is 0.00841. The predicted molar refractivity (Wildman–Crippen MR) is 135 cm³/mol. The molecule has 182 valence electrons. The van der Waals surface area contributed by atoms with Gasteiger partial charge in [0.05, 0.1) is 7.11 Å². The number of amides is 2. The summed E-state index contributed by atoms with van der Waals surface area (Å²) in [5.74, 6) is 3.26. The highest BCUT2D eigenvalue weighted by molar-refractivity contribution is 5.94. The monoisotopic (exact) mass is 472 g/mol. The number of ether oxygens (including phenoxy) is 1. The second kappa shape index (κ2) is 10.4. The number of anilines is 1. The van der Waals surface area contributed by atoms with E-state index in [2.05, 4.69) is 5.32 Å². The molecule has 1 saturated carbocycles. The number of hydrogen-bond donors (Lipinski definition) is 1. The maximum absolute atomic E-state index is 13.0. The number of carbonyl (C=O) groups excluding carboxylic acids is 2. The second-order valence-electron chi connectivity index (χ2n) is 9.58. The Bertz CT molecular complexity index is 1170. The van der Waals surface area contributed by atoms with Gasteiger partial charge in [-0.2, -0.15) is 0 Å². The first-order valence-electron chi connectivity index (χ1n) is 12.5. The van der Waals surface area contributed by atoms with E-state index in [1.807, 2.05) is 35.2 Å². The minimum atomic E-state index is 0.00841. The van der Waals surface area contributed by atoms with Crippen molar-refractivity contribution < 1.29 is 18.7 Å². The van der Waals surface area contributed by atoms with Crippen LogP contribution in [0.15, 0.2) is 59.0 Å². The van der Waals surface area contributed by atoms with Crippen molar-refractivity contribution in [2.75, 3.05) is 19.0 Å². The van der Waals surface area contributed by atoms with Crippen LogP contribution in [0.2, 0.25) is 0 Å². The number of nitrogens with zero attached hydrogens (tertiary/aromatic N) is 1. The molecule has 2 amide bonds. The van der Waals surface area contributed by atoms with Gasteiger partial charge in [0.2, 0.25) is 5.91 Å². The van der Waals surface area contributed by atoms with Crippen LogP contribution in [0.3, 0.4) is 0 Å². The number of furan rings is 1. The molecule has 3 aromatic rings. The molecule has 1 N–H and O–H groups in total. The molecule has 6 heteroatoms. The van der Waals surface area contributed by atoms with Gasteiger partial charge < -0.3 is 19.4 Å². The Morgan fingerprint density at radius 1 is 1.06 bits per heavy atom. The first-order valence-corrected chi connectivity index (χ1v) is 12.5. The highest BCUT2D eigenvalue weighted by Gasteiger charge is 2.25. The number of rotatable bonds is 7. The molecule has 2 heterocycles. The van der Waals surface area contributed by atoms with Crippen LogP contribution in [0.5, 0.6) is 5.75 Å². The van der Waals surface area contributed by atoms with Gasteiger partial charge in [-0.15, -0.1) is 0 Å².